The van der Waals surface area contributed by atoms with E-state index >= 15 is 0 Å². The van der Waals surface area contributed by atoms with E-state index in [1.807, 2.05) is 0 Å². The van der Waals surface area contributed by atoms with Crippen molar-refractivity contribution in [3.8, 4) is 5.75 Å². The number of aldehydes is 1. The first-order valence-electron chi connectivity index (χ1n) is 12.9. The average molecular weight is 547 g/mol. The van der Waals surface area contributed by atoms with Crippen molar-refractivity contribution >= 4 is 14.6 Å². The van der Waals surface area contributed by atoms with Crippen LogP contribution in [0.15, 0.2) is 24.3 Å². The summed E-state index contributed by atoms with van der Waals surface area (Å²) in [6.07, 6.45) is 0.800. The van der Waals surface area contributed by atoms with Crippen molar-refractivity contribution in [1.29, 1.82) is 0 Å². The first-order valence-corrected chi connectivity index (χ1v) is 16.3. The molecule has 0 amide bonds. The summed E-state index contributed by atoms with van der Waals surface area (Å²) in [5.74, 6) is 0.709. The summed E-state index contributed by atoms with van der Waals surface area (Å²) >= 11 is 0. The van der Waals surface area contributed by atoms with Crippen LogP contribution in [0.4, 0.5) is 0 Å². The molecule has 0 spiro atoms. The first-order chi connectivity index (χ1) is 18.0. The molecule has 1 rings (SSSR count). The molecule has 0 fully saturated rings. The third-order valence-corrected chi connectivity index (χ3v) is 5.58. The smallest absolute Gasteiger partial charge is 0.183 e. The summed E-state index contributed by atoms with van der Waals surface area (Å²) in [4.78, 5) is 10.6. The van der Waals surface area contributed by atoms with E-state index in [2.05, 4.69) is 19.6 Å². The van der Waals surface area contributed by atoms with E-state index in [-0.39, 0.29) is 0 Å². The highest BCUT2D eigenvalue weighted by Gasteiger charge is 2.13. The number of carbonyl (C=O) groups excluding carboxylic acids is 1. The van der Waals surface area contributed by atoms with Gasteiger partial charge in [-0.05, 0) is 43.9 Å². The molecule has 1 aromatic rings. The Labute approximate surface area is 222 Å². The Bertz CT molecular complexity index is 639. The van der Waals surface area contributed by atoms with Gasteiger partial charge >= 0.3 is 0 Å². The van der Waals surface area contributed by atoms with Crippen molar-refractivity contribution in [2.24, 2.45) is 0 Å². The summed E-state index contributed by atoms with van der Waals surface area (Å²) in [6, 6.07) is 6.94. The van der Waals surface area contributed by atoms with Crippen LogP contribution in [0.25, 0.3) is 0 Å². The van der Waals surface area contributed by atoms with Crippen LogP contribution in [0.1, 0.15) is 10.4 Å². The Morgan fingerprint density at radius 2 is 0.838 bits per heavy atom. The van der Waals surface area contributed by atoms with E-state index < -0.39 is 8.32 Å². The number of benzene rings is 1. The van der Waals surface area contributed by atoms with Crippen molar-refractivity contribution in [2.45, 2.75) is 19.6 Å². The van der Waals surface area contributed by atoms with E-state index in [1.165, 1.54) is 0 Å². The molecule has 37 heavy (non-hydrogen) atoms. The summed E-state index contributed by atoms with van der Waals surface area (Å²) < 4.78 is 49.4. The third-order valence-electron chi connectivity index (χ3n) is 4.51. The van der Waals surface area contributed by atoms with Gasteiger partial charge in [0.25, 0.3) is 0 Å². The molecule has 0 saturated carbocycles. The second kappa shape index (κ2) is 23.7. The zero-order valence-electron chi connectivity index (χ0n) is 22.8. The molecule has 0 aromatic heterocycles. The molecule has 0 heterocycles. The highest BCUT2D eigenvalue weighted by Crippen LogP contribution is 2.10. The van der Waals surface area contributed by atoms with Gasteiger partial charge in [0.1, 0.15) is 18.6 Å². The zero-order valence-corrected chi connectivity index (χ0v) is 23.8. The Kier molecular flexibility index (Phi) is 21.5. The minimum Gasteiger partial charge on any atom is -0.491 e. The van der Waals surface area contributed by atoms with Crippen molar-refractivity contribution in [1.82, 2.24) is 0 Å². The fourth-order valence-electron chi connectivity index (χ4n) is 2.69. The lowest BCUT2D eigenvalue weighted by atomic mass is 10.2. The van der Waals surface area contributed by atoms with Gasteiger partial charge in [-0.2, -0.15) is 0 Å². The van der Waals surface area contributed by atoms with Crippen molar-refractivity contribution in [2.75, 3.05) is 106 Å². The monoisotopic (exact) mass is 546 g/mol. The Hall–Kier alpha value is -1.41. The molecule has 11 heteroatoms. The molecule has 0 unspecified atom stereocenters. The van der Waals surface area contributed by atoms with Crippen molar-refractivity contribution < 1.29 is 47.1 Å². The minimum atomic E-state index is -1.45. The van der Waals surface area contributed by atoms with E-state index in [0.717, 1.165) is 6.29 Å². The van der Waals surface area contributed by atoms with Gasteiger partial charge in [-0.1, -0.05) is 0 Å². The standard InChI is InChI=1S/C26H46O10Si/c1-37(2,3)36-23-21-34-19-17-32-15-13-30-11-9-28-8-10-29-12-14-31-16-18-33-20-22-35-26-6-4-25(24-27)5-7-26/h4-7,24H,8-23H2,1-3H3. The number of ether oxygens (including phenoxy) is 8. The number of hydrogen-bond donors (Lipinski definition) is 0. The zero-order chi connectivity index (χ0) is 26.9. The minimum absolute atomic E-state index is 0.438. The lowest BCUT2D eigenvalue weighted by Crippen LogP contribution is -2.27. The SMILES string of the molecule is C[Si](C)(C)OCCOCCOCCOCCOCCOCCOCCOCCOc1ccc(C=O)cc1. The molecule has 10 nitrogen and oxygen atoms in total. The Morgan fingerprint density at radius 3 is 1.16 bits per heavy atom. The van der Waals surface area contributed by atoms with Crippen LogP contribution in [0.5, 0.6) is 5.75 Å². The van der Waals surface area contributed by atoms with Crippen LogP contribution >= 0.6 is 0 Å². The fraction of sp³-hybridized carbons (Fsp3) is 0.731. The van der Waals surface area contributed by atoms with Crippen LogP contribution in [0.2, 0.25) is 19.6 Å². The molecule has 214 valence electrons. The molecule has 0 N–H and O–H groups in total. The summed E-state index contributed by atoms with van der Waals surface area (Å²) in [7, 11) is -1.45. The summed E-state index contributed by atoms with van der Waals surface area (Å²) in [5.41, 5.74) is 0.622. The maximum Gasteiger partial charge on any atom is 0.183 e. The van der Waals surface area contributed by atoms with E-state index in [9.17, 15) is 4.79 Å². The number of rotatable bonds is 27. The van der Waals surface area contributed by atoms with Crippen LogP contribution in [0, 0.1) is 0 Å². The van der Waals surface area contributed by atoms with E-state index in [4.69, 9.17) is 42.3 Å². The van der Waals surface area contributed by atoms with Crippen molar-refractivity contribution in [3.63, 3.8) is 0 Å². The average Bonchev–Trinajstić information content (AvgIpc) is 2.88. The predicted molar refractivity (Wildman–Crippen MR) is 142 cm³/mol. The Morgan fingerprint density at radius 1 is 0.514 bits per heavy atom. The van der Waals surface area contributed by atoms with Crippen molar-refractivity contribution in [3.05, 3.63) is 29.8 Å². The van der Waals surface area contributed by atoms with Crippen LogP contribution in [0.3, 0.4) is 0 Å². The molecular weight excluding hydrogens is 500 g/mol. The van der Waals surface area contributed by atoms with Crippen LogP contribution in [-0.2, 0) is 37.6 Å². The van der Waals surface area contributed by atoms with Gasteiger partial charge in [-0.25, -0.2) is 0 Å². The quantitative estimate of drug-likeness (QED) is 0.0930. The van der Waals surface area contributed by atoms with Crippen LogP contribution < -0.4 is 4.74 Å². The number of carbonyl (C=O) groups is 1. The third kappa shape index (κ3) is 23.4. The summed E-state index contributed by atoms with van der Waals surface area (Å²) in [6.45, 7) is 14.9. The molecule has 1 aromatic carbocycles. The highest BCUT2D eigenvalue weighted by molar-refractivity contribution is 6.69. The van der Waals surface area contributed by atoms with Gasteiger partial charge in [-0.15, -0.1) is 0 Å². The van der Waals surface area contributed by atoms with Gasteiger partial charge in [0, 0.05) is 5.56 Å². The molecule has 0 radical (unpaired) electrons. The lowest BCUT2D eigenvalue weighted by molar-refractivity contribution is -0.0219. The Balaban J connectivity index is 1.68. The number of hydrogen-bond acceptors (Lipinski definition) is 10. The summed E-state index contributed by atoms with van der Waals surface area (Å²) in [5, 5.41) is 0. The maximum atomic E-state index is 10.6. The molecule has 0 saturated heterocycles. The second-order valence-corrected chi connectivity index (χ2v) is 13.3. The van der Waals surface area contributed by atoms with E-state index in [1.54, 1.807) is 24.3 Å². The maximum absolute atomic E-state index is 10.6. The molecule has 0 aliphatic carbocycles. The molecule has 0 atom stereocenters. The van der Waals surface area contributed by atoms with Gasteiger partial charge in [0.2, 0.25) is 0 Å². The van der Waals surface area contributed by atoms with E-state index in [0.29, 0.717) is 117 Å². The lowest BCUT2D eigenvalue weighted by Gasteiger charge is -2.16. The van der Waals surface area contributed by atoms with Gasteiger partial charge < -0.3 is 42.3 Å². The second-order valence-electron chi connectivity index (χ2n) is 8.78. The van der Waals surface area contributed by atoms with Gasteiger partial charge in [-0.3, -0.25) is 4.79 Å². The highest BCUT2D eigenvalue weighted by atomic mass is 28.4. The van der Waals surface area contributed by atoms with Gasteiger partial charge in [0.15, 0.2) is 8.32 Å². The topological polar surface area (TPSA) is 100 Å². The fourth-order valence-corrected chi connectivity index (χ4v) is 3.39. The molecular formula is C26H46O10Si. The van der Waals surface area contributed by atoms with Crippen LogP contribution in [-0.4, -0.2) is 120 Å². The predicted octanol–water partition coefficient (Wildman–Crippen LogP) is 2.85. The normalized spacial score (nSPS) is 11.6. The molecule has 0 aliphatic rings. The van der Waals surface area contributed by atoms with Gasteiger partial charge in [0.05, 0.1) is 99.1 Å². The first kappa shape index (κ1) is 33.6. The molecule has 0 bridgehead atoms. The largest absolute Gasteiger partial charge is 0.491 e. The molecule has 0 aliphatic heterocycles.